The van der Waals surface area contributed by atoms with E-state index in [0.717, 1.165) is 11.1 Å². The first kappa shape index (κ1) is 13.1. The highest BCUT2D eigenvalue weighted by Gasteiger charge is 2.08. The number of amides is 1. The molecule has 4 nitrogen and oxygen atoms in total. The Morgan fingerprint density at radius 2 is 2.00 bits per heavy atom. The molecule has 4 heteroatoms. The fraction of sp³-hybridized carbons (Fsp3) is 0.200. The van der Waals surface area contributed by atoms with Crippen LogP contribution in [0.4, 0.5) is 5.69 Å². The lowest BCUT2D eigenvalue weighted by molar-refractivity contribution is -0.115. The molecule has 19 heavy (non-hydrogen) atoms. The summed E-state index contributed by atoms with van der Waals surface area (Å²) in [5.74, 6) is 0.587. The van der Waals surface area contributed by atoms with Crippen LogP contribution in [0.15, 0.2) is 42.7 Å². The lowest BCUT2D eigenvalue weighted by atomic mass is 10.1. The molecule has 0 unspecified atom stereocenters. The van der Waals surface area contributed by atoms with Gasteiger partial charge in [-0.3, -0.25) is 9.78 Å². The first-order valence-electron chi connectivity index (χ1n) is 6.02. The Bertz CT molecular complexity index is 568. The van der Waals surface area contributed by atoms with Crippen molar-refractivity contribution in [2.45, 2.75) is 13.3 Å². The first-order valence-corrected chi connectivity index (χ1v) is 6.02. The van der Waals surface area contributed by atoms with Crippen molar-refractivity contribution in [3.63, 3.8) is 0 Å². The molecule has 0 spiro atoms. The minimum absolute atomic E-state index is 0.0740. The molecule has 0 fully saturated rings. The number of benzene rings is 1. The van der Waals surface area contributed by atoms with E-state index in [9.17, 15) is 4.79 Å². The number of pyridine rings is 1. The van der Waals surface area contributed by atoms with E-state index in [0.29, 0.717) is 17.9 Å². The van der Waals surface area contributed by atoms with E-state index < -0.39 is 0 Å². The van der Waals surface area contributed by atoms with Gasteiger partial charge in [0.25, 0.3) is 0 Å². The van der Waals surface area contributed by atoms with Crippen LogP contribution in [0.2, 0.25) is 0 Å². The van der Waals surface area contributed by atoms with E-state index in [1.165, 1.54) is 0 Å². The van der Waals surface area contributed by atoms with Gasteiger partial charge in [-0.05, 0) is 42.3 Å². The molecule has 2 aromatic rings. The highest BCUT2D eigenvalue weighted by molar-refractivity contribution is 5.93. The van der Waals surface area contributed by atoms with Gasteiger partial charge < -0.3 is 10.1 Å². The van der Waals surface area contributed by atoms with Crippen molar-refractivity contribution < 1.29 is 9.53 Å². The number of ether oxygens (including phenoxy) is 1. The number of nitrogens with one attached hydrogen (secondary N) is 1. The van der Waals surface area contributed by atoms with E-state index in [2.05, 4.69) is 10.3 Å². The molecule has 0 saturated carbocycles. The van der Waals surface area contributed by atoms with E-state index >= 15 is 0 Å². The normalized spacial score (nSPS) is 10.0. The lowest BCUT2D eigenvalue weighted by Crippen LogP contribution is -2.15. The fourth-order valence-corrected chi connectivity index (χ4v) is 1.80. The van der Waals surface area contributed by atoms with Crippen molar-refractivity contribution >= 4 is 11.6 Å². The highest BCUT2D eigenvalue weighted by atomic mass is 16.5. The zero-order chi connectivity index (χ0) is 13.7. The van der Waals surface area contributed by atoms with Crippen LogP contribution in [0, 0.1) is 6.92 Å². The third kappa shape index (κ3) is 3.55. The molecule has 0 radical (unpaired) electrons. The minimum atomic E-state index is -0.0740. The van der Waals surface area contributed by atoms with Crippen LogP contribution < -0.4 is 10.1 Å². The summed E-state index contributed by atoms with van der Waals surface area (Å²) >= 11 is 0. The van der Waals surface area contributed by atoms with E-state index in [-0.39, 0.29) is 5.91 Å². The highest BCUT2D eigenvalue weighted by Crippen LogP contribution is 2.25. The number of hydrogen-bond donors (Lipinski definition) is 1. The third-order valence-corrected chi connectivity index (χ3v) is 2.74. The average Bonchev–Trinajstić information content (AvgIpc) is 2.40. The van der Waals surface area contributed by atoms with Gasteiger partial charge in [0.1, 0.15) is 5.75 Å². The predicted octanol–water partition coefficient (Wildman–Crippen LogP) is 2.58. The van der Waals surface area contributed by atoms with Crippen molar-refractivity contribution in [1.82, 2.24) is 4.98 Å². The van der Waals surface area contributed by atoms with Crippen LogP contribution in [-0.4, -0.2) is 18.0 Å². The molecule has 1 aromatic carbocycles. The number of rotatable bonds is 4. The average molecular weight is 256 g/mol. The van der Waals surface area contributed by atoms with Crippen molar-refractivity contribution in [2.24, 2.45) is 0 Å². The maximum atomic E-state index is 12.0. The molecule has 1 aromatic heterocycles. The van der Waals surface area contributed by atoms with Crippen molar-refractivity contribution in [3.8, 4) is 5.75 Å². The monoisotopic (exact) mass is 256 g/mol. The summed E-state index contributed by atoms with van der Waals surface area (Å²) in [5, 5.41) is 2.87. The Morgan fingerprint density at radius 3 is 2.68 bits per heavy atom. The van der Waals surface area contributed by atoms with Crippen molar-refractivity contribution in [3.05, 3.63) is 53.9 Å². The SMILES string of the molecule is COc1ccc(C)cc1NC(=O)Cc1ccncc1. The maximum absolute atomic E-state index is 12.0. The molecule has 98 valence electrons. The second-order valence-electron chi connectivity index (χ2n) is 4.28. The van der Waals surface area contributed by atoms with Gasteiger partial charge in [-0.15, -0.1) is 0 Å². The molecule has 2 rings (SSSR count). The van der Waals surface area contributed by atoms with Gasteiger partial charge in [-0.25, -0.2) is 0 Å². The van der Waals surface area contributed by atoms with Gasteiger partial charge in [-0.2, -0.15) is 0 Å². The van der Waals surface area contributed by atoms with E-state index in [1.54, 1.807) is 19.5 Å². The van der Waals surface area contributed by atoms with Crippen molar-refractivity contribution in [1.29, 1.82) is 0 Å². The Balaban J connectivity index is 2.09. The topological polar surface area (TPSA) is 51.2 Å². The number of nitrogens with zero attached hydrogens (tertiary/aromatic N) is 1. The summed E-state index contributed by atoms with van der Waals surface area (Å²) < 4.78 is 5.23. The number of hydrogen-bond acceptors (Lipinski definition) is 3. The standard InChI is InChI=1S/C15H16N2O2/c1-11-3-4-14(19-2)13(9-11)17-15(18)10-12-5-7-16-8-6-12/h3-9H,10H2,1-2H3,(H,17,18). The molecule has 1 heterocycles. The quantitative estimate of drug-likeness (QED) is 0.914. The summed E-state index contributed by atoms with van der Waals surface area (Å²) in [5.41, 5.74) is 2.70. The summed E-state index contributed by atoms with van der Waals surface area (Å²) in [6.45, 7) is 1.97. The molecule has 0 atom stereocenters. The Kier molecular flexibility index (Phi) is 4.13. The van der Waals surface area contributed by atoms with Gasteiger partial charge >= 0.3 is 0 Å². The molecule has 0 aliphatic heterocycles. The zero-order valence-corrected chi connectivity index (χ0v) is 11.0. The third-order valence-electron chi connectivity index (χ3n) is 2.74. The smallest absolute Gasteiger partial charge is 0.228 e. The molecular weight excluding hydrogens is 240 g/mol. The van der Waals surface area contributed by atoms with Gasteiger partial charge in [0.2, 0.25) is 5.91 Å². The molecule has 0 saturated heterocycles. The van der Waals surface area contributed by atoms with Gasteiger partial charge in [-0.1, -0.05) is 6.07 Å². The van der Waals surface area contributed by atoms with Gasteiger partial charge in [0.15, 0.2) is 0 Å². The summed E-state index contributed by atoms with van der Waals surface area (Å²) in [6, 6.07) is 9.33. The van der Waals surface area contributed by atoms with Crippen LogP contribution in [-0.2, 0) is 11.2 Å². The van der Waals surface area contributed by atoms with Gasteiger partial charge in [0.05, 0.1) is 19.2 Å². The number of methoxy groups -OCH3 is 1. The Hall–Kier alpha value is -2.36. The van der Waals surface area contributed by atoms with E-state index in [4.69, 9.17) is 4.74 Å². The minimum Gasteiger partial charge on any atom is -0.495 e. The maximum Gasteiger partial charge on any atom is 0.228 e. The molecule has 1 amide bonds. The molecule has 0 aliphatic rings. The van der Waals surface area contributed by atoms with Crippen LogP contribution >= 0.6 is 0 Å². The number of aryl methyl sites for hydroxylation is 1. The number of anilines is 1. The van der Waals surface area contributed by atoms with Crippen LogP contribution in [0.3, 0.4) is 0 Å². The summed E-state index contributed by atoms with van der Waals surface area (Å²) in [6.07, 6.45) is 3.67. The Morgan fingerprint density at radius 1 is 1.26 bits per heavy atom. The molecular formula is C15H16N2O2. The molecule has 0 bridgehead atoms. The van der Waals surface area contributed by atoms with Crippen LogP contribution in [0.1, 0.15) is 11.1 Å². The molecule has 1 N–H and O–H groups in total. The summed E-state index contributed by atoms with van der Waals surface area (Å²) in [4.78, 5) is 15.9. The lowest BCUT2D eigenvalue weighted by Gasteiger charge is -2.11. The number of carbonyl (C=O) groups excluding carboxylic acids is 1. The predicted molar refractivity (Wildman–Crippen MR) is 74.3 cm³/mol. The largest absolute Gasteiger partial charge is 0.495 e. The second kappa shape index (κ2) is 6.00. The number of aromatic nitrogens is 1. The molecule has 0 aliphatic carbocycles. The van der Waals surface area contributed by atoms with Crippen LogP contribution in [0.25, 0.3) is 0 Å². The van der Waals surface area contributed by atoms with Gasteiger partial charge in [0, 0.05) is 12.4 Å². The Labute approximate surface area is 112 Å². The summed E-state index contributed by atoms with van der Waals surface area (Å²) in [7, 11) is 1.59. The zero-order valence-electron chi connectivity index (χ0n) is 11.0. The number of carbonyl (C=O) groups is 1. The second-order valence-corrected chi connectivity index (χ2v) is 4.28. The van der Waals surface area contributed by atoms with Crippen LogP contribution in [0.5, 0.6) is 5.75 Å². The first-order chi connectivity index (χ1) is 9.19. The van der Waals surface area contributed by atoms with Crippen molar-refractivity contribution in [2.75, 3.05) is 12.4 Å². The fourth-order valence-electron chi connectivity index (χ4n) is 1.80. The van der Waals surface area contributed by atoms with E-state index in [1.807, 2.05) is 37.3 Å².